The zero-order chi connectivity index (χ0) is 13.5. The Morgan fingerprint density at radius 1 is 0.667 bits per heavy atom. The van der Waals surface area contributed by atoms with E-state index in [2.05, 4.69) is 26.8 Å². The molecule has 0 aromatic carbocycles. The molecule has 0 aromatic heterocycles. The van der Waals surface area contributed by atoms with E-state index in [9.17, 15) is 0 Å². The molecule has 18 heavy (non-hydrogen) atoms. The Morgan fingerprint density at radius 3 is 1.50 bits per heavy atom. The number of unbranched alkanes of at least 4 members (excludes halogenated alkanes) is 10. The third-order valence-electron chi connectivity index (χ3n) is 3.96. The van der Waals surface area contributed by atoms with Crippen LogP contribution in [0.4, 0.5) is 0 Å². The first-order valence-corrected chi connectivity index (χ1v) is 8.49. The fourth-order valence-corrected chi connectivity index (χ4v) is 2.54. The van der Waals surface area contributed by atoms with Crippen LogP contribution in [-0.4, -0.2) is 0 Å². The van der Waals surface area contributed by atoms with Crippen molar-refractivity contribution in [2.45, 2.75) is 104 Å². The highest BCUT2D eigenvalue weighted by Gasteiger charge is 1.95. The second-order valence-corrected chi connectivity index (χ2v) is 5.59. The molecule has 0 saturated heterocycles. The van der Waals surface area contributed by atoms with Gasteiger partial charge in [-0.3, -0.25) is 0 Å². The first-order chi connectivity index (χ1) is 8.85. The molecule has 0 nitrogen and oxygen atoms in total. The van der Waals surface area contributed by atoms with Gasteiger partial charge in [-0.1, -0.05) is 89.7 Å². The summed E-state index contributed by atoms with van der Waals surface area (Å²) < 4.78 is 0. The summed E-state index contributed by atoms with van der Waals surface area (Å²) in [7, 11) is 0. The van der Waals surface area contributed by atoms with Crippen LogP contribution in [0.1, 0.15) is 104 Å². The molecule has 0 aromatic rings. The average Bonchev–Trinajstić information content (AvgIpc) is 2.40. The smallest absolute Gasteiger partial charge is 0.0321 e. The van der Waals surface area contributed by atoms with Gasteiger partial charge in [0.05, 0.1) is 0 Å². The zero-order valence-electron chi connectivity index (χ0n) is 13.3. The molecular formula is C18H36. The molecule has 0 aliphatic rings. The highest BCUT2D eigenvalue weighted by atomic mass is 14.0. The van der Waals surface area contributed by atoms with Gasteiger partial charge in [0, 0.05) is 0 Å². The van der Waals surface area contributed by atoms with Crippen molar-refractivity contribution in [2.24, 2.45) is 0 Å². The van der Waals surface area contributed by atoms with Crippen molar-refractivity contribution in [3.8, 4) is 0 Å². The summed E-state index contributed by atoms with van der Waals surface area (Å²) in [6.45, 7) is 6.74. The highest BCUT2D eigenvalue weighted by Crippen LogP contribution is 2.15. The lowest BCUT2D eigenvalue weighted by Crippen LogP contribution is -1.84. The topological polar surface area (TPSA) is 0 Å². The first kappa shape index (κ1) is 17.7. The van der Waals surface area contributed by atoms with E-state index in [4.69, 9.17) is 0 Å². The summed E-state index contributed by atoms with van der Waals surface area (Å²) in [5, 5.41) is 0. The van der Waals surface area contributed by atoms with Crippen LogP contribution >= 0.6 is 0 Å². The van der Waals surface area contributed by atoms with Gasteiger partial charge in [-0.15, -0.1) is 0 Å². The van der Waals surface area contributed by atoms with Crippen LogP contribution in [0.3, 0.4) is 0 Å². The lowest BCUT2D eigenvalue weighted by molar-refractivity contribution is 0.548. The van der Waals surface area contributed by atoms with Gasteiger partial charge < -0.3 is 0 Å². The van der Waals surface area contributed by atoms with Crippen molar-refractivity contribution in [1.29, 1.82) is 0 Å². The molecule has 0 rings (SSSR count). The second-order valence-electron chi connectivity index (χ2n) is 5.59. The standard InChI is InChI=1S/C18H36/c1-4-7-8-9-10-11-12-13-14-15-16-17-18(5-2)6-3/h5H,4,6-17H2,1-3H3. The quantitative estimate of drug-likeness (QED) is 0.243. The fraction of sp³-hybridized carbons (Fsp3) is 0.889. The lowest BCUT2D eigenvalue weighted by Gasteiger charge is -2.04. The lowest BCUT2D eigenvalue weighted by atomic mass is 10.0. The molecule has 0 atom stereocenters. The van der Waals surface area contributed by atoms with E-state index in [1.54, 1.807) is 5.57 Å². The third kappa shape index (κ3) is 12.2. The van der Waals surface area contributed by atoms with Crippen LogP contribution < -0.4 is 0 Å². The maximum absolute atomic E-state index is 2.30. The Hall–Kier alpha value is -0.260. The zero-order valence-corrected chi connectivity index (χ0v) is 13.3. The summed E-state index contributed by atoms with van der Waals surface area (Å²) >= 11 is 0. The molecule has 0 N–H and O–H groups in total. The average molecular weight is 252 g/mol. The van der Waals surface area contributed by atoms with Gasteiger partial charge in [0.15, 0.2) is 0 Å². The van der Waals surface area contributed by atoms with Crippen molar-refractivity contribution < 1.29 is 0 Å². The third-order valence-corrected chi connectivity index (χ3v) is 3.96. The summed E-state index contributed by atoms with van der Waals surface area (Å²) in [5.41, 5.74) is 1.64. The maximum Gasteiger partial charge on any atom is -0.0321 e. The minimum Gasteiger partial charge on any atom is -0.0885 e. The van der Waals surface area contributed by atoms with Gasteiger partial charge >= 0.3 is 0 Å². The van der Waals surface area contributed by atoms with Crippen LogP contribution in [-0.2, 0) is 0 Å². The molecule has 0 spiro atoms. The molecule has 0 aliphatic carbocycles. The van der Waals surface area contributed by atoms with E-state index in [0.717, 1.165) is 0 Å². The van der Waals surface area contributed by atoms with Crippen LogP contribution in [0.5, 0.6) is 0 Å². The van der Waals surface area contributed by atoms with Crippen LogP contribution in [0.25, 0.3) is 0 Å². The number of hydrogen-bond acceptors (Lipinski definition) is 0. The molecule has 0 aliphatic heterocycles. The summed E-state index contributed by atoms with van der Waals surface area (Å²) in [6, 6.07) is 0. The van der Waals surface area contributed by atoms with Crippen LogP contribution in [0.2, 0.25) is 0 Å². The van der Waals surface area contributed by atoms with E-state index in [-0.39, 0.29) is 0 Å². The van der Waals surface area contributed by atoms with Crippen molar-refractivity contribution in [3.05, 3.63) is 11.6 Å². The Morgan fingerprint density at radius 2 is 1.11 bits per heavy atom. The molecule has 0 bridgehead atoms. The van der Waals surface area contributed by atoms with E-state index in [1.165, 1.54) is 83.5 Å². The minimum atomic E-state index is 1.24. The van der Waals surface area contributed by atoms with Gasteiger partial charge in [0.25, 0.3) is 0 Å². The number of rotatable bonds is 13. The Labute approximate surface area is 116 Å². The predicted molar refractivity (Wildman–Crippen MR) is 85.1 cm³/mol. The molecule has 0 saturated carbocycles. The molecular weight excluding hydrogens is 216 g/mol. The predicted octanol–water partition coefficient (Wildman–Crippen LogP) is 7.04. The van der Waals surface area contributed by atoms with Crippen LogP contribution in [0, 0.1) is 0 Å². The fourth-order valence-electron chi connectivity index (χ4n) is 2.54. The largest absolute Gasteiger partial charge is 0.0885 e. The van der Waals surface area contributed by atoms with Gasteiger partial charge in [-0.2, -0.15) is 0 Å². The Bertz CT molecular complexity index is 178. The molecule has 0 heteroatoms. The van der Waals surface area contributed by atoms with Gasteiger partial charge in [0.2, 0.25) is 0 Å². The molecule has 0 fully saturated rings. The maximum atomic E-state index is 2.30. The highest BCUT2D eigenvalue weighted by molar-refractivity contribution is 4.98. The summed E-state index contributed by atoms with van der Waals surface area (Å²) in [4.78, 5) is 0. The SMILES string of the molecule is CC=C(CC)CCCCCCCCCCCCC. The number of hydrogen-bond donors (Lipinski definition) is 0. The first-order valence-electron chi connectivity index (χ1n) is 8.49. The summed E-state index contributed by atoms with van der Waals surface area (Å²) in [6.07, 6.45) is 20.8. The van der Waals surface area contributed by atoms with Crippen LogP contribution in [0.15, 0.2) is 11.6 Å². The van der Waals surface area contributed by atoms with Crippen molar-refractivity contribution in [1.82, 2.24) is 0 Å². The van der Waals surface area contributed by atoms with Crippen molar-refractivity contribution in [2.75, 3.05) is 0 Å². The van der Waals surface area contributed by atoms with Crippen molar-refractivity contribution in [3.63, 3.8) is 0 Å². The van der Waals surface area contributed by atoms with Crippen molar-refractivity contribution >= 4 is 0 Å². The normalized spacial score (nSPS) is 12.1. The minimum absolute atomic E-state index is 1.24. The van der Waals surface area contributed by atoms with E-state index >= 15 is 0 Å². The molecule has 0 heterocycles. The molecule has 0 amide bonds. The number of allylic oxidation sites excluding steroid dienone is 2. The van der Waals surface area contributed by atoms with Gasteiger partial charge in [0.1, 0.15) is 0 Å². The molecule has 0 unspecified atom stereocenters. The van der Waals surface area contributed by atoms with E-state index in [0.29, 0.717) is 0 Å². The van der Waals surface area contributed by atoms with E-state index in [1.807, 2.05) is 0 Å². The Balaban J connectivity index is 3.07. The van der Waals surface area contributed by atoms with E-state index < -0.39 is 0 Å². The summed E-state index contributed by atoms with van der Waals surface area (Å²) in [5.74, 6) is 0. The monoisotopic (exact) mass is 252 g/mol. The Kier molecular flexibility index (Phi) is 14.6. The molecule has 0 radical (unpaired) electrons. The van der Waals surface area contributed by atoms with Gasteiger partial charge in [-0.25, -0.2) is 0 Å². The van der Waals surface area contributed by atoms with Gasteiger partial charge in [-0.05, 0) is 26.2 Å². The second kappa shape index (κ2) is 14.8. The molecule has 108 valence electrons.